The fourth-order valence-electron chi connectivity index (χ4n) is 1.94. The Bertz CT molecular complexity index is 358. The van der Waals surface area contributed by atoms with E-state index in [0.717, 1.165) is 44.3 Å². The van der Waals surface area contributed by atoms with E-state index < -0.39 is 0 Å². The largest absolute Gasteiger partial charge is 0.465 e. The van der Waals surface area contributed by atoms with Crippen molar-refractivity contribution in [3.63, 3.8) is 0 Å². The van der Waals surface area contributed by atoms with E-state index in [-0.39, 0.29) is 5.60 Å². The normalized spacial score (nSPS) is 18.4. The van der Waals surface area contributed by atoms with Gasteiger partial charge in [0.2, 0.25) is 0 Å². The zero-order valence-corrected chi connectivity index (χ0v) is 11.0. The average Bonchev–Trinajstić information content (AvgIpc) is 2.61. The van der Waals surface area contributed by atoms with Crippen molar-refractivity contribution >= 4 is 0 Å². The molecule has 1 aromatic heterocycles. The molecule has 96 valence electrons. The van der Waals surface area contributed by atoms with Gasteiger partial charge in [-0.3, -0.25) is 4.90 Å². The highest BCUT2D eigenvalue weighted by atomic mass is 16.5. The fourth-order valence-corrected chi connectivity index (χ4v) is 1.94. The number of rotatable bonds is 6. The summed E-state index contributed by atoms with van der Waals surface area (Å²) in [6.07, 6.45) is 0. The molecule has 1 aliphatic heterocycles. The summed E-state index contributed by atoms with van der Waals surface area (Å²) in [5.74, 6) is 1.99. The summed E-state index contributed by atoms with van der Waals surface area (Å²) in [5, 5.41) is 3.23. The summed E-state index contributed by atoms with van der Waals surface area (Å²) in [4.78, 5) is 2.22. The van der Waals surface area contributed by atoms with E-state index in [2.05, 4.69) is 24.2 Å². The highest BCUT2D eigenvalue weighted by Crippen LogP contribution is 2.15. The van der Waals surface area contributed by atoms with E-state index in [1.165, 1.54) is 0 Å². The minimum Gasteiger partial charge on any atom is -0.465 e. The predicted molar refractivity (Wildman–Crippen MR) is 67.0 cm³/mol. The third-order valence-corrected chi connectivity index (χ3v) is 3.14. The Kier molecular flexibility index (Phi) is 3.86. The van der Waals surface area contributed by atoms with Crippen LogP contribution >= 0.6 is 0 Å². The van der Waals surface area contributed by atoms with Gasteiger partial charge in [0.25, 0.3) is 0 Å². The molecule has 2 rings (SSSR count). The summed E-state index contributed by atoms with van der Waals surface area (Å²) >= 11 is 0. The Morgan fingerprint density at radius 3 is 2.76 bits per heavy atom. The van der Waals surface area contributed by atoms with Crippen LogP contribution < -0.4 is 5.32 Å². The number of furan rings is 1. The van der Waals surface area contributed by atoms with Crippen LogP contribution in [0.25, 0.3) is 0 Å². The second-order valence-corrected chi connectivity index (χ2v) is 5.15. The number of hydrogen-bond acceptors (Lipinski definition) is 4. The molecule has 0 amide bonds. The van der Waals surface area contributed by atoms with E-state index in [0.29, 0.717) is 0 Å². The van der Waals surface area contributed by atoms with E-state index in [1.54, 1.807) is 0 Å². The maximum atomic E-state index is 5.84. The van der Waals surface area contributed by atoms with Gasteiger partial charge in [0.05, 0.1) is 18.8 Å². The smallest absolute Gasteiger partial charge is 0.118 e. The maximum absolute atomic E-state index is 5.84. The molecule has 0 radical (unpaired) electrons. The van der Waals surface area contributed by atoms with Crippen molar-refractivity contribution < 1.29 is 9.15 Å². The number of nitrogens with zero attached hydrogens (tertiary/aromatic N) is 1. The highest BCUT2D eigenvalue weighted by Gasteiger charge is 2.32. The molecule has 0 aromatic carbocycles. The molecule has 0 bridgehead atoms. The molecule has 0 unspecified atom stereocenters. The van der Waals surface area contributed by atoms with Gasteiger partial charge in [-0.2, -0.15) is 0 Å². The third-order valence-electron chi connectivity index (χ3n) is 3.14. The Morgan fingerprint density at radius 1 is 1.47 bits per heavy atom. The Balaban J connectivity index is 1.65. The van der Waals surface area contributed by atoms with Crippen molar-refractivity contribution in [1.82, 2.24) is 10.2 Å². The van der Waals surface area contributed by atoms with Gasteiger partial charge >= 0.3 is 0 Å². The van der Waals surface area contributed by atoms with Crippen LogP contribution in [0.1, 0.15) is 18.4 Å². The van der Waals surface area contributed by atoms with Crippen LogP contribution in [0.2, 0.25) is 0 Å². The lowest BCUT2D eigenvalue weighted by Crippen LogP contribution is -2.59. The molecule has 1 saturated heterocycles. The summed E-state index contributed by atoms with van der Waals surface area (Å²) < 4.78 is 11.4. The second-order valence-electron chi connectivity index (χ2n) is 5.15. The molecule has 17 heavy (non-hydrogen) atoms. The fraction of sp³-hybridized carbons (Fsp3) is 0.692. The van der Waals surface area contributed by atoms with Crippen LogP contribution in [0.4, 0.5) is 0 Å². The maximum Gasteiger partial charge on any atom is 0.118 e. The molecule has 1 N–H and O–H groups in total. The van der Waals surface area contributed by atoms with Crippen molar-refractivity contribution in [2.45, 2.75) is 26.0 Å². The molecule has 4 heteroatoms. The number of likely N-dealkylation sites (N-methyl/N-ethyl adjacent to an activating group) is 1. The minimum atomic E-state index is 0.0576. The lowest BCUT2D eigenvalue weighted by molar-refractivity contribution is -0.0714. The van der Waals surface area contributed by atoms with Gasteiger partial charge in [-0.1, -0.05) is 0 Å². The number of nitrogens with one attached hydrogen (secondary N) is 1. The standard InChI is InChI=1S/C13H22N2O2/c1-11-4-5-12(17-11)8-15(3)6-7-16-13(2)9-14-10-13/h4-5,14H,6-10H2,1-3H3. The Morgan fingerprint density at radius 2 is 2.24 bits per heavy atom. The van der Waals surface area contributed by atoms with E-state index in [4.69, 9.17) is 9.15 Å². The van der Waals surface area contributed by atoms with Crippen molar-refractivity contribution in [2.75, 3.05) is 33.3 Å². The minimum absolute atomic E-state index is 0.0576. The first-order valence-corrected chi connectivity index (χ1v) is 6.16. The van der Waals surface area contributed by atoms with Crippen LogP contribution in [0.15, 0.2) is 16.5 Å². The summed E-state index contributed by atoms with van der Waals surface area (Å²) in [6, 6.07) is 4.03. The summed E-state index contributed by atoms with van der Waals surface area (Å²) in [7, 11) is 2.09. The third kappa shape index (κ3) is 3.56. The predicted octanol–water partition coefficient (Wildman–Crippen LogP) is 1.40. The van der Waals surface area contributed by atoms with Crippen molar-refractivity contribution in [3.05, 3.63) is 23.7 Å². The van der Waals surface area contributed by atoms with Crippen LogP contribution in [-0.2, 0) is 11.3 Å². The first kappa shape index (κ1) is 12.6. The topological polar surface area (TPSA) is 37.6 Å². The number of hydrogen-bond donors (Lipinski definition) is 1. The molecule has 1 fully saturated rings. The van der Waals surface area contributed by atoms with Gasteiger partial charge < -0.3 is 14.5 Å². The van der Waals surface area contributed by atoms with Gasteiger partial charge in [-0.15, -0.1) is 0 Å². The van der Waals surface area contributed by atoms with Crippen molar-refractivity contribution in [1.29, 1.82) is 0 Å². The molecule has 0 saturated carbocycles. The van der Waals surface area contributed by atoms with E-state index in [9.17, 15) is 0 Å². The molecular weight excluding hydrogens is 216 g/mol. The molecule has 1 aromatic rings. The monoisotopic (exact) mass is 238 g/mol. The molecule has 2 heterocycles. The zero-order valence-electron chi connectivity index (χ0n) is 11.0. The van der Waals surface area contributed by atoms with Gasteiger partial charge in [-0.05, 0) is 33.0 Å². The van der Waals surface area contributed by atoms with Gasteiger partial charge in [-0.25, -0.2) is 0 Å². The first-order chi connectivity index (χ1) is 8.07. The summed E-state index contributed by atoms with van der Waals surface area (Å²) in [5.41, 5.74) is 0.0576. The number of aryl methyl sites for hydroxylation is 1. The molecule has 0 atom stereocenters. The summed E-state index contributed by atoms with van der Waals surface area (Å²) in [6.45, 7) is 8.59. The SMILES string of the molecule is Cc1ccc(CN(C)CCOC2(C)CNC2)o1. The van der Waals surface area contributed by atoms with Gasteiger partial charge in [0, 0.05) is 19.6 Å². The van der Waals surface area contributed by atoms with E-state index >= 15 is 0 Å². The Hall–Kier alpha value is -0.840. The molecule has 0 aliphatic carbocycles. The zero-order chi connectivity index (χ0) is 12.3. The van der Waals surface area contributed by atoms with Gasteiger partial charge in [0.1, 0.15) is 11.5 Å². The van der Waals surface area contributed by atoms with E-state index in [1.807, 2.05) is 19.1 Å². The van der Waals surface area contributed by atoms with Crippen LogP contribution in [0, 0.1) is 6.92 Å². The lowest BCUT2D eigenvalue weighted by atomic mass is 10.0. The first-order valence-electron chi connectivity index (χ1n) is 6.16. The van der Waals surface area contributed by atoms with Crippen molar-refractivity contribution in [2.24, 2.45) is 0 Å². The highest BCUT2D eigenvalue weighted by molar-refractivity contribution is 5.05. The van der Waals surface area contributed by atoms with Gasteiger partial charge in [0.15, 0.2) is 0 Å². The molecule has 0 spiro atoms. The average molecular weight is 238 g/mol. The molecule has 4 nitrogen and oxygen atoms in total. The number of ether oxygens (including phenoxy) is 1. The Labute approximate surface area is 103 Å². The van der Waals surface area contributed by atoms with Crippen LogP contribution in [0.5, 0.6) is 0 Å². The van der Waals surface area contributed by atoms with Crippen LogP contribution in [-0.4, -0.2) is 43.8 Å². The van der Waals surface area contributed by atoms with Crippen LogP contribution in [0.3, 0.4) is 0 Å². The lowest BCUT2D eigenvalue weighted by Gasteiger charge is -2.39. The quantitative estimate of drug-likeness (QED) is 0.813. The second kappa shape index (κ2) is 5.21. The van der Waals surface area contributed by atoms with Crippen molar-refractivity contribution in [3.8, 4) is 0 Å². The molecule has 1 aliphatic rings. The molecular formula is C13H22N2O2.